The van der Waals surface area contributed by atoms with Crippen LogP contribution in [0.4, 0.5) is 0 Å². The molecule has 108 valence electrons. The number of hydrogen-bond donors (Lipinski definition) is 0. The van der Waals surface area contributed by atoms with Crippen LogP contribution in [-0.4, -0.2) is 27.6 Å². The molecule has 0 N–H and O–H groups in total. The molecule has 0 amide bonds. The normalized spacial score (nSPS) is 15.4. The standard InChI is InChI=1S/C15H19BN4O/c1-15(2,3)11-8-13(20-14(21)19(4)17-18-20)10(7-12(11)16)9-5-6-9/h7-9H,5-6H2,1-4H3. The molecule has 21 heavy (non-hydrogen) atoms. The summed E-state index contributed by atoms with van der Waals surface area (Å²) >= 11 is 0. The van der Waals surface area contributed by atoms with Crippen molar-refractivity contribution in [1.29, 1.82) is 0 Å². The fourth-order valence-corrected chi connectivity index (χ4v) is 2.64. The Morgan fingerprint density at radius 2 is 1.90 bits per heavy atom. The summed E-state index contributed by atoms with van der Waals surface area (Å²) in [5, 5.41) is 7.80. The SMILES string of the molecule is [B]c1cc(C2CC2)c(-n2nnn(C)c2=O)cc1C(C)(C)C. The van der Waals surface area contributed by atoms with E-state index in [1.807, 2.05) is 12.1 Å². The molecule has 2 radical (unpaired) electrons. The quantitative estimate of drug-likeness (QED) is 0.770. The molecule has 5 nitrogen and oxygen atoms in total. The van der Waals surface area contributed by atoms with Crippen molar-refractivity contribution in [2.24, 2.45) is 7.05 Å². The van der Waals surface area contributed by atoms with Crippen LogP contribution in [0.3, 0.4) is 0 Å². The van der Waals surface area contributed by atoms with Gasteiger partial charge in [-0.1, -0.05) is 32.3 Å². The average Bonchev–Trinajstić information content (AvgIpc) is 3.17. The minimum Gasteiger partial charge on any atom is -0.244 e. The molecule has 0 saturated heterocycles. The molecule has 0 unspecified atom stereocenters. The van der Waals surface area contributed by atoms with Gasteiger partial charge in [-0.25, -0.2) is 4.79 Å². The smallest absolute Gasteiger partial charge is 0.244 e. The van der Waals surface area contributed by atoms with Crippen molar-refractivity contribution in [2.45, 2.75) is 44.9 Å². The summed E-state index contributed by atoms with van der Waals surface area (Å²) in [5.74, 6) is 0.477. The molecule has 0 spiro atoms. The van der Waals surface area contributed by atoms with E-state index in [9.17, 15) is 4.79 Å². The first kappa shape index (κ1) is 14.1. The van der Waals surface area contributed by atoms with E-state index < -0.39 is 0 Å². The Hall–Kier alpha value is -1.85. The number of benzene rings is 1. The maximum atomic E-state index is 12.2. The minimum absolute atomic E-state index is 0.0905. The highest BCUT2D eigenvalue weighted by molar-refractivity contribution is 6.33. The lowest BCUT2D eigenvalue weighted by molar-refractivity contribution is 0.592. The van der Waals surface area contributed by atoms with Crippen molar-refractivity contribution in [3.8, 4) is 5.69 Å². The van der Waals surface area contributed by atoms with E-state index >= 15 is 0 Å². The van der Waals surface area contributed by atoms with Crippen LogP contribution in [0.25, 0.3) is 5.69 Å². The van der Waals surface area contributed by atoms with Gasteiger partial charge in [-0.15, -0.1) is 0 Å². The highest BCUT2D eigenvalue weighted by Crippen LogP contribution is 2.42. The van der Waals surface area contributed by atoms with Crippen LogP contribution >= 0.6 is 0 Å². The third kappa shape index (κ3) is 2.43. The molecule has 1 saturated carbocycles. The minimum atomic E-state index is -0.235. The van der Waals surface area contributed by atoms with Gasteiger partial charge in [-0.2, -0.15) is 9.36 Å². The first-order valence-corrected chi connectivity index (χ1v) is 7.22. The van der Waals surface area contributed by atoms with Gasteiger partial charge in [0.05, 0.1) is 5.69 Å². The van der Waals surface area contributed by atoms with E-state index in [-0.39, 0.29) is 11.1 Å². The van der Waals surface area contributed by atoms with Crippen molar-refractivity contribution in [2.75, 3.05) is 0 Å². The summed E-state index contributed by atoms with van der Waals surface area (Å²) in [6.45, 7) is 6.33. The molecule has 1 heterocycles. The van der Waals surface area contributed by atoms with Gasteiger partial charge in [0.1, 0.15) is 7.85 Å². The number of aromatic nitrogens is 4. The highest BCUT2D eigenvalue weighted by atomic mass is 16.2. The molecule has 0 atom stereocenters. The lowest BCUT2D eigenvalue weighted by Gasteiger charge is -2.24. The van der Waals surface area contributed by atoms with E-state index in [0.717, 1.165) is 35.1 Å². The van der Waals surface area contributed by atoms with Crippen LogP contribution in [0, 0.1) is 0 Å². The fraction of sp³-hybridized carbons (Fsp3) is 0.533. The molecule has 1 aromatic heterocycles. The number of nitrogens with zero attached hydrogens (tertiary/aromatic N) is 4. The van der Waals surface area contributed by atoms with Crippen molar-refractivity contribution < 1.29 is 0 Å². The van der Waals surface area contributed by atoms with Gasteiger partial charge in [0.25, 0.3) is 0 Å². The monoisotopic (exact) mass is 282 g/mol. The molecule has 0 bridgehead atoms. The summed E-state index contributed by atoms with van der Waals surface area (Å²) < 4.78 is 2.62. The van der Waals surface area contributed by atoms with Crippen molar-refractivity contribution in [3.05, 3.63) is 33.7 Å². The summed E-state index contributed by atoms with van der Waals surface area (Å²) in [6.07, 6.45) is 2.27. The van der Waals surface area contributed by atoms with E-state index in [0.29, 0.717) is 5.92 Å². The zero-order valence-electron chi connectivity index (χ0n) is 12.9. The number of aryl methyl sites for hydroxylation is 1. The van der Waals surface area contributed by atoms with Gasteiger partial charge in [0, 0.05) is 7.05 Å². The Labute approximate surface area is 125 Å². The molecule has 3 rings (SSSR count). The predicted molar refractivity (Wildman–Crippen MR) is 82.7 cm³/mol. The average molecular weight is 282 g/mol. The molecule has 1 aliphatic rings. The molecule has 6 heteroatoms. The van der Waals surface area contributed by atoms with Gasteiger partial charge in [-0.05, 0) is 51.8 Å². The van der Waals surface area contributed by atoms with Crippen molar-refractivity contribution in [3.63, 3.8) is 0 Å². The van der Waals surface area contributed by atoms with E-state index in [1.54, 1.807) is 7.05 Å². The van der Waals surface area contributed by atoms with Crippen LogP contribution in [0.5, 0.6) is 0 Å². The molecule has 1 aromatic carbocycles. The van der Waals surface area contributed by atoms with E-state index in [1.165, 1.54) is 9.36 Å². The summed E-state index contributed by atoms with van der Waals surface area (Å²) in [5.41, 5.74) is 3.40. The number of rotatable bonds is 2. The number of hydrogen-bond acceptors (Lipinski definition) is 3. The highest BCUT2D eigenvalue weighted by Gasteiger charge is 2.29. The van der Waals surface area contributed by atoms with E-state index in [4.69, 9.17) is 7.85 Å². The predicted octanol–water partition coefficient (Wildman–Crippen LogP) is 0.935. The lowest BCUT2D eigenvalue weighted by atomic mass is 9.76. The number of tetrazole rings is 1. The summed E-state index contributed by atoms with van der Waals surface area (Å²) in [4.78, 5) is 12.2. The van der Waals surface area contributed by atoms with Crippen molar-refractivity contribution in [1.82, 2.24) is 19.8 Å². The zero-order valence-corrected chi connectivity index (χ0v) is 12.9. The van der Waals surface area contributed by atoms with Gasteiger partial charge in [0.15, 0.2) is 0 Å². The second kappa shape index (κ2) is 4.58. The Bertz CT molecular complexity index is 750. The van der Waals surface area contributed by atoms with Crippen LogP contribution in [0.15, 0.2) is 16.9 Å². The zero-order chi connectivity index (χ0) is 15.4. The van der Waals surface area contributed by atoms with E-state index in [2.05, 4.69) is 31.2 Å². The summed E-state index contributed by atoms with van der Waals surface area (Å²) in [6, 6.07) is 4.01. The van der Waals surface area contributed by atoms with Gasteiger partial charge < -0.3 is 0 Å². The largest absolute Gasteiger partial charge is 0.368 e. The molecular weight excluding hydrogens is 263 g/mol. The molecule has 1 fully saturated rings. The van der Waals surface area contributed by atoms with Crippen LogP contribution in [0.2, 0.25) is 0 Å². The van der Waals surface area contributed by atoms with Crippen LogP contribution in [0.1, 0.15) is 50.7 Å². The van der Waals surface area contributed by atoms with Crippen LogP contribution < -0.4 is 11.2 Å². The van der Waals surface area contributed by atoms with Gasteiger partial charge in [0.2, 0.25) is 0 Å². The summed E-state index contributed by atoms with van der Waals surface area (Å²) in [7, 11) is 7.84. The third-order valence-electron chi connectivity index (χ3n) is 3.97. The van der Waals surface area contributed by atoms with Gasteiger partial charge in [-0.3, -0.25) is 0 Å². The maximum Gasteiger partial charge on any atom is 0.368 e. The first-order valence-electron chi connectivity index (χ1n) is 7.22. The molecule has 1 aliphatic carbocycles. The topological polar surface area (TPSA) is 52.7 Å². The third-order valence-corrected chi connectivity index (χ3v) is 3.97. The van der Waals surface area contributed by atoms with Gasteiger partial charge >= 0.3 is 5.69 Å². The second-order valence-corrected chi connectivity index (χ2v) is 6.82. The molecular formula is C15H19BN4O. The first-order chi connectivity index (χ1) is 9.79. The van der Waals surface area contributed by atoms with Crippen molar-refractivity contribution >= 4 is 13.3 Å². The Morgan fingerprint density at radius 3 is 2.38 bits per heavy atom. The molecule has 2 aromatic rings. The Morgan fingerprint density at radius 1 is 1.24 bits per heavy atom. The lowest BCUT2D eigenvalue weighted by Crippen LogP contribution is -2.27. The Kier molecular flexibility index (Phi) is 3.08. The second-order valence-electron chi connectivity index (χ2n) is 6.82. The Balaban J connectivity index is 2.26. The molecule has 0 aliphatic heterocycles. The van der Waals surface area contributed by atoms with Crippen LogP contribution in [-0.2, 0) is 12.5 Å². The maximum absolute atomic E-state index is 12.2. The fourth-order valence-electron chi connectivity index (χ4n) is 2.64.